The minimum Gasteiger partial charge on any atom is -0.506 e. The van der Waals surface area contributed by atoms with Crippen molar-refractivity contribution in [3.63, 3.8) is 0 Å². The molecule has 2 amide bonds. The highest BCUT2D eigenvalue weighted by molar-refractivity contribution is 6.32. The average molecular weight is 311 g/mol. The first kappa shape index (κ1) is 14.5. The first-order valence-electron chi connectivity index (χ1n) is 5.78. The number of halogens is 2. The molecule has 2 rings (SSSR count). The summed E-state index contributed by atoms with van der Waals surface area (Å²) in [5.41, 5.74) is 1.94. The molecular formula is C14H12Cl2N2O2. The lowest BCUT2D eigenvalue weighted by Gasteiger charge is -2.09. The van der Waals surface area contributed by atoms with E-state index in [9.17, 15) is 9.90 Å². The van der Waals surface area contributed by atoms with Crippen LogP contribution in [0.15, 0.2) is 36.4 Å². The fourth-order valence-electron chi connectivity index (χ4n) is 1.55. The van der Waals surface area contributed by atoms with E-state index in [2.05, 4.69) is 10.6 Å². The second kappa shape index (κ2) is 6.03. The van der Waals surface area contributed by atoms with E-state index >= 15 is 0 Å². The number of nitrogens with one attached hydrogen (secondary N) is 2. The number of aryl methyl sites for hydroxylation is 1. The highest BCUT2D eigenvalue weighted by Crippen LogP contribution is 2.26. The summed E-state index contributed by atoms with van der Waals surface area (Å²) in [7, 11) is 0. The summed E-state index contributed by atoms with van der Waals surface area (Å²) >= 11 is 11.7. The highest BCUT2D eigenvalue weighted by atomic mass is 35.5. The molecule has 0 aliphatic heterocycles. The number of amides is 2. The topological polar surface area (TPSA) is 61.4 Å². The van der Waals surface area contributed by atoms with Crippen molar-refractivity contribution in [1.29, 1.82) is 0 Å². The molecule has 0 heterocycles. The van der Waals surface area contributed by atoms with Crippen molar-refractivity contribution in [2.75, 3.05) is 10.6 Å². The zero-order valence-corrected chi connectivity index (χ0v) is 12.1. The molecule has 104 valence electrons. The van der Waals surface area contributed by atoms with Crippen LogP contribution in [0.1, 0.15) is 5.56 Å². The van der Waals surface area contributed by atoms with Crippen molar-refractivity contribution < 1.29 is 9.90 Å². The monoisotopic (exact) mass is 310 g/mol. The minimum atomic E-state index is -0.438. The fraction of sp³-hybridized carbons (Fsp3) is 0.0714. The van der Waals surface area contributed by atoms with Crippen molar-refractivity contribution in [2.24, 2.45) is 0 Å². The zero-order chi connectivity index (χ0) is 14.7. The molecule has 6 heteroatoms. The van der Waals surface area contributed by atoms with E-state index in [-0.39, 0.29) is 10.8 Å². The Kier molecular flexibility index (Phi) is 4.37. The molecule has 0 atom stereocenters. The van der Waals surface area contributed by atoms with Crippen molar-refractivity contribution in [1.82, 2.24) is 0 Å². The van der Waals surface area contributed by atoms with E-state index in [1.807, 2.05) is 13.0 Å². The van der Waals surface area contributed by atoms with Crippen LogP contribution in [0.4, 0.5) is 16.2 Å². The largest absolute Gasteiger partial charge is 0.506 e. The van der Waals surface area contributed by atoms with Gasteiger partial charge in [-0.25, -0.2) is 4.79 Å². The SMILES string of the molecule is Cc1ccc(NC(=O)Nc2ccc(Cl)c(O)c2)cc1Cl. The van der Waals surface area contributed by atoms with Crippen LogP contribution >= 0.6 is 23.2 Å². The lowest BCUT2D eigenvalue weighted by molar-refractivity contribution is 0.262. The molecule has 0 fully saturated rings. The van der Waals surface area contributed by atoms with Gasteiger partial charge in [0.05, 0.1) is 5.02 Å². The Balaban J connectivity index is 2.04. The molecule has 20 heavy (non-hydrogen) atoms. The molecule has 0 aliphatic rings. The molecule has 0 aliphatic carbocycles. The van der Waals surface area contributed by atoms with Gasteiger partial charge in [-0.2, -0.15) is 0 Å². The Morgan fingerprint density at radius 1 is 1.00 bits per heavy atom. The Hall–Kier alpha value is -1.91. The van der Waals surface area contributed by atoms with E-state index in [1.165, 1.54) is 12.1 Å². The third-order valence-electron chi connectivity index (χ3n) is 2.63. The van der Waals surface area contributed by atoms with Gasteiger partial charge < -0.3 is 15.7 Å². The molecule has 3 N–H and O–H groups in total. The van der Waals surface area contributed by atoms with Gasteiger partial charge in [0.15, 0.2) is 0 Å². The summed E-state index contributed by atoms with van der Waals surface area (Å²) < 4.78 is 0. The Morgan fingerprint density at radius 3 is 2.20 bits per heavy atom. The second-order valence-electron chi connectivity index (χ2n) is 4.21. The molecule has 0 saturated heterocycles. The Bertz CT molecular complexity index is 604. The van der Waals surface area contributed by atoms with Crippen molar-refractivity contribution in [3.05, 3.63) is 52.0 Å². The van der Waals surface area contributed by atoms with Crippen LogP contribution in [-0.2, 0) is 0 Å². The van der Waals surface area contributed by atoms with Crippen LogP contribution in [0.3, 0.4) is 0 Å². The third-order valence-corrected chi connectivity index (χ3v) is 3.36. The number of hydrogen-bond acceptors (Lipinski definition) is 2. The van der Waals surface area contributed by atoms with Gasteiger partial charge in [-0.15, -0.1) is 0 Å². The molecule has 2 aromatic carbocycles. The number of carbonyl (C=O) groups is 1. The summed E-state index contributed by atoms with van der Waals surface area (Å²) in [5, 5.41) is 15.5. The highest BCUT2D eigenvalue weighted by Gasteiger charge is 2.06. The molecule has 0 saturated carbocycles. The van der Waals surface area contributed by atoms with Gasteiger partial charge in [-0.3, -0.25) is 0 Å². The number of urea groups is 1. The van der Waals surface area contributed by atoms with Crippen LogP contribution in [0.25, 0.3) is 0 Å². The number of hydrogen-bond donors (Lipinski definition) is 3. The van der Waals surface area contributed by atoms with Gasteiger partial charge in [-0.1, -0.05) is 29.3 Å². The van der Waals surface area contributed by atoms with Crippen LogP contribution in [-0.4, -0.2) is 11.1 Å². The van der Waals surface area contributed by atoms with Gasteiger partial charge >= 0.3 is 6.03 Å². The van der Waals surface area contributed by atoms with Crippen LogP contribution in [0.5, 0.6) is 5.75 Å². The maximum Gasteiger partial charge on any atom is 0.323 e. The van der Waals surface area contributed by atoms with Crippen molar-refractivity contribution >= 4 is 40.6 Å². The normalized spacial score (nSPS) is 10.2. The van der Waals surface area contributed by atoms with Crippen molar-refractivity contribution in [3.8, 4) is 5.75 Å². The standard InChI is InChI=1S/C14H12Cl2N2O2/c1-8-2-3-9(6-12(8)16)17-14(20)18-10-4-5-11(15)13(19)7-10/h2-7,19H,1H3,(H2,17,18,20). The predicted octanol–water partition coefficient (Wildman–Crippen LogP) is 4.65. The number of anilines is 2. The first-order chi connectivity index (χ1) is 9.45. The maximum atomic E-state index is 11.8. The van der Waals surface area contributed by atoms with E-state index in [4.69, 9.17) is 23.2 Å². The van der Waals surface area contributed by atoms with Gasteiger partial charge in [0.2, 0.25) is 0 Å². The smallest absolute Gasteiger partial charge is 0.323 e. The lowest BCUT2D eigenvalue weighted by Crippen LogP contribution is -2.19. The number of benzene rings is 2. The number of phenolic OH excluding ortho intramolecular Hbond substituents is 1. The number of rotatable bonds is 2. The second-order valence-corrected chi connectivity index (χ2v) is 5.02. The third kappa shape index (κ3) is 3.56. The fourth-order valence-corrected chi connectivity index (χ4v) is 1.85. The first-order valence-corrected chi connectivity index (χ1v) is 6.54. The maximum absolute atomic E-state index is 11.8. The quantitative estimate of drug-likeness (QED) is 0.756. The zero-order valence-electron chi connectivity index (χ0n) is 10.6. The number of phenols is 1. The van der Waals surface area contributed by atoms with Crippen LogP contribution in [0.2, 0.25) is 10.0 Å². The summed E-state index contributed by atoms with van der Waals surface area (Å²) in [5.74, 6) is -0.0946. The van der Waals surface area contributed by atoms with E-state index in [0.717, 1.165) is 5.56 Å². The molecule has 0 bridgehead atoms. The van der Waals surface area contributed by atoms with Gasteiger partial charge in [-0.05, 0) is 36.8 Å². The number of carbonyl (C=O) groups excluding carboxylic acids is 1. The van der Waals surface area contributed by atoms with Gasteiger partial charge in [0, 0.05) is 22.5 Å². The number of aromatic hydroxyl groups is 1. The molecular weight excluding hydrogens is 299 g/mol. The van der Waals surface area contributed by atoms with Crippen molar-refractivity contribution in [2.45, 2.75) is 6.92 Å². The van der Waals surface area contributed by atoms with Crippen LogP contribution < -0.4 is 10.6 Å². The summed E-state index contributed by atoms with van der Waals surface area (Å²) in [6.07, 6.45) is 0. The average Bonchev–Trinajstić information content (AvgIpc) is 2.38. The van der Waals surface area contributed by atoms with Gasteiger partial charge in [0.25, 0.3) is 0 Å². The summed E-state index contributed by atoms with van der Waals surface area (Å²) in [4.78, 5) is 11.8. The van der Waals surface area contributed by atoms with E-state index in [1.54, 1.807) is 18.2 Å². The Morgan fingerprint density at radius 2 is 1.60 bits per heavy atom. The minimum absolute atomic E-state index is 0.0946. The molecule has 0 aromatic heterocycles. The molecule has 4 nitrogen and oxygen atoms in total. The lowest BCUT2D eigenvalue weighted by atomic mass is 10.2. The molecule has 2 aromatic rings. The van der Waals surface area contributed by atoms with Crippen LogP contribution in [0, 0.1) is 6.92 Å². The molecule has 0 unspecified atom stereocenters. The summed E-state index contributed by atoms with van der Waals surface area (Å²) in [6.45, 7) is 1.88. The van der Waals surface area contributed by atoms with Gasteiger partial charge in [0.1, 0.15) is 5.75 Å². The Labute approximate surface area is 126 Å². The predicted molar refractivity (Wildman–Crippen MR) is 81.9 cm³/mol. The molecule has 0 radical (unpaired) electrons. The summed E-state index contributed by atoms with van der Waals surface area (Å²) in [6, 6.07) is 9.23. The molecule has 0 spiro atoms. The van der Waals surface area contributed by atoms with E-state index in [0.29, 0.717) is 16.4 Å². The van der Waals surface area contributed by atoms with E-state index < -0.39 is 6.03 Å².